The highest BCUT2D eigenvalue weighted by Gasteiger charge is 2.36. The topological polar surface area (TPSA) is 91.8 Å². The van der Waals surface area contributed by atoms with Crippen LogP contribution < -0.4 is 24.5 Å². The fourth-order valence-corrected chi connectivity index (χ4v) is 7.32. The Morgan fingerprint density at radius 3 is 2.29 bits per heavy atom. The summed E-state index contributed by atoms with van der Waals surface area (Å²) >= 11 is 0. The van der Waals surface area contributed by atoms with E-state index in [1.165, 1.54) is 0 Å². The lowest BCUT2D eigenvalue weighted by Crippen LogP contribution is -2.37. The third-order valence-corrected chi connectivity index (χ3v) is 9.79. The maximum atomic E-state index is 14.2. The standard InChI is InChI=1S/C39H49N5O5/c1-11-13-16-43(12-2)28-15-14-27(24(4)19-28)20-30-35(40-7)34(39(45)49-36-25(5)17-23(3)18-26(36)6)38-41-37(42-44(30)38)29-21-32(47-9)33(48-10)22-31(29)46-8/h14-15,19-23,25-26,36H,11-13,16-18H2,1-6,8-10H3/b30-20+. The van der Waals surface area contributed by atoms with Crippen molar-refractivity contribution in [2.45, 2.75) is 73.3 Å². The van der Waals surface area contributed by atoms with Crippen LogP contribution in [0.4, 0.5) is 11.4 Å². The Morgan fingerprint density at radius 2 is 1.69 bits per heavy atom. The Kier molecular flexibility index (Phi) is 11.0. The molecule has 260 valence electrons. The van der Waals surface area contributed by atoms with E-state index in [2.05, 4.69) is 69.5 Å². The number of aryl methyl sites for hydroxylation is 1. The van der Waals surface area contributed by atoms with Crippen LogP contribution in [-0.2, 0) is 4.74 Å². The first-order chi connectivity index (χ1) is 23.6. The summed E-state index contributed by atoms with van der Waals surface area (Å²) in [5, 5.41) is 5.34. The zero-order valence-electron chi connectivity index (χ0n) is 30.3. The van der Waals surface area contributed by atoms with Gasteiger partial charge in [-0.2, -0.15) is 0 Å². The number of fused-ring (bicyclic) bond motifs is 1. The molecule has 0 bridgehead atoms. The summed E-state index contributed by atoms with van der Waals surface area (Å²) in [5.74, 6) is 2.15. The minimum atomic E-state index is -0.561. The zero-order valence-corrected chi connectivity index (χ0v) is 30.3. The van der Waals surface area contributed by atoms with Crippen LogP contribution in [0.5, 0.6) is 17.2 Å². The maximum absolute atomic E-state index is 14.2. The summed E-state index contributed by atoms with van der Waals surface area (Å²) in [4.78, 5) is 25.3. The second-order valence-electron chi connectivity index (χ2n) is 13.3. The number of hydrogen-bond acceptors (Lipinski definition) is 8. The van der Waals surface area contributed by atoms with Crippen molar-refractivity contribution in [1.82, 2.24) is 14.6 Å². The predicted octanol–water partition coefficient (Wildman–Crippen LogP) is 7.68. The summed E-state index contributed by atoms with van der Waals surface area (Å²) in [6, 6.07) is 9.80. The molecule has 2 unspecified atom stereocenters. The molecule has 1 aliphatic carbocycles. The number of hydrogen-bond donors (Lipinski definition) is 0. The van der Waals surface area contributed by atoms with Crippen molar-refractivity contribution in [2.75, 3.05) is 39.3 Å². The average Bonchev–Trinajstić information content (AvgIpc) is 3.64. The molecule has 49 heavy (non-hydrogen) atoms. The van der Waals surface area contributed by atoms with E-state index in [1.54, 1.807) is 38.0 Å². The Labute approximate surface area is 289 Å². The van der Waals surface area contributed by atoms with Crippen molar-refractivity contribution >= 4 is 29.1 Å². The van der Waals surface area contributed by atoms with Gasteiger partial charge in [-0.05, 0) is 86.3 Å². The van der Waals surface area contributed by atoms with E-state index in [9.17, 15) is 4.79 Å². The molecule has 4 aromatic rings. The van der Waals surface area contributed by atoms with Gasteiger partial charge in [0.15, 0.2) is 23.0 Å². The third-order valence-electron chi connectivity index (χ3n) is 9.79. The highest BCUT2D eigenvalue weighted by Crippen LogP contribution is 2.40. The van der Waals surface area contributed by atoms with E-state index < -0.39 is 5.97 Å². The Bertz CT molecular complexity index is 1900. The normalized spacial score (nSPS) is 19.5. The number of unbranched alkanes of at least 4 members (excludes halogenated alkanes) is 1. The number of nitrogens with zero attached hydrogens (tertiary/aromatic N) is 5. The largest absolute Gasteiger partial charge is 0.496 e. The van der Waals surface area contributed by atoms with E-state index in [1.807, 2.05) is 6.08 Å². The number of methoxy groups -OCH3 is 3. The number of aromatic nitrogens is 3. The summed E-state index contributed by atoms with van der Waals surface area (Å²) in [5.41, 5.74) is 4.19. The SMILES string of the molecule is [C-]#[N+]c1c(C(=O)OC2C(C)CC(C)CC2C)c2nc(-c3cc(OC)c(OC)cc3OC)nn2/c1=C/c1ccc(N(CC)CCCC)cc1C. The lowest BCUT2D eigenvalue weighted by atomic mass is 9.75. The van der Waals surface area contributed by atoms with Crippen LogP contribution in [0.15, 0.2) is 30.3 Å². The molecule has 0 radical (unpaired) electrons. The third kappa shape index (κ3) is 7.03. The van der Waals surface area contributed by atoms with Gasteiger partial charge in [0.25, 0.3) is 0 Å². The molecule has 10 nitrogen and oxygen atoms in total. The van der Waals surface area contributed by atoms with Crippen LogP contribution in [0, 0.1) is 31.2 Å². The van der Waals surface area contributed by atoms with Gasteiger partial charge in [-0.25, -0.2) is 19.1 Å². The Balaban J connectivity index is 1.70. The smallest absolute Gasteiger partial charge is 0.331 e. The number of benzene rings is 2. The van der Waals surface area contributed by atoms with Crippen molar-refractivity contribution in [3.63, 3.8) is 0 Å². The molecular weight excluding hydrogens is 618 g/mol. The first-order valence-corrected chi connectivity index (χ1v) is 17.3. The van der Waals surface area contributed by atoms with Gasteiger partial charge in [-0.3, -0.25) is 0 Å². The van der Waals surface area contributed by atoms with E-state index in [0.29, 0.717) is 39.9 Å². The number of ether oxygens (including phenoxy) is 4. The number of carbonyl (C=O) groups excluding carboxylic acids is 1. The molecule has 0 spiro atoms. The first-order valence-electron chi connectivity index (χ1n) is 17.3. The van der Waals surface area contributed by atoms with Crippen LogP contribution in [0.25, 0.3) is 28.0 Å². The predicted molar refractivity (Wildman–Crippen MR) is 193 cm³/mol. The molecule has 0 aliphatic heterocycles. The first kappa shape index (κ1) is 35.5. The molecule has 2 aromatic heterocycles. The van der Waals surface area contributed by atoms with Gasteiger partial charge in [0, 0.05) is 24.8 Å². The van der Waals surface area contributed by atoms with E-state index >= 15 is 0 Å². The van der Waals surface area contributed by atoms with Crippen molar-refractivity contribution in [3.8, 4) is 28.6 Å². The molecule has 0 N–H and O–H groups in total. The van der Waals surface area contributed by atoms with Crippen molar-refractivity contribution < 1.29 is 23.7 Å². The van der Waals surface area contributed by atoms with Gasteiger partial charge >= 0.3 is 5.97 Å². The molecule has 5 rings (SSSR count). The average molecular weight is 668 g/mol. The summed E-state index contributed by atoms with van der Waals surface area (Å²) < 4.78 is 24.6. The highest BCUT2D eigenvalue weighted by atomic mass is 16.5. The fraction of sp³-hybridized carbons (Fsp3) is 0.487. The number of esters is 1. The van der Waals surface area contributed by atoms with Crippen LogP contribution in [0.3, 0.4) is 0 Å². The van der Waals surface area contributed by atoms with Gasteiger partial charge in [-0.1, -0.05) is 40.2 Å². The molecule has 2 aromatic carbocycles. The van der Waals surface area contributed by atoms with Crippen LogP contribution in [0.2, 0.25) is 0 Å². The quantitative estimate of drug-likeness (QED) is 0.112. The molecular formula is C39H49N5O5. The molecule has 1 aliphatic rings. The number of carbonyl (C=O) groups is 1. The highest BCUT2D eigenvalue weighted by molar-refractivity contribution is 6.03. The second kappa shape index (κ2) is 15.2. The van der Waals surface area contributed by atoms with Crippen LogP contribution in [-0.4, -0.2) is 61.1 Å². The van der Waals surface area contributed by atoms with E-state index in [0.717, 1.165) is 55.6 Å². The molecule has 1 fully saturated rings. The monoisotopic (exact) mass is 667 g/mol. The zero-order chi connectivity index (χ0) is 35.4. The van der Waals surface area contributed by atoms with Crippen LogP contribution >= 0.6 is 0 Å². The van der Waals surface area contributed by atoms with E-state index in [-0.39, 0.29) is 34.8 Å². The summed E-state index contributed by atoms with van der Waals surface area (Å²) in [7, 11) is 4.67. The van der Waals surface area contributed by atoms with E-state index in [4.69, 9.17) is 35.6 Å². The molecule has 2 atom stereocenters. The van der Waals surface area contributed by atoms with Crippen molar-refractivity contribution in [3.05, 3.63) is 63.8 Å². The lowest BCUT2D eigenvalue weighted by Gasteiger charge is -2.37. The molecule has 0 saturated heterocycles. The molecule has 2 heterocycles. The Morgan fingerprint density at radius 1 is 1.02 bits per heavy atom. The Hall–Kier alpha value is -4.78. The minimum absolute atomic E-state index is 0.114. The summed E-state index contributed by atoms with van der Waals surface area (Å²) in [6.07, 6.45) is 5.86. The maximum Gasteiger partial charge on any atom is 0.331 e. The van der Waals surface area contributed by atoms with Crippen LogP contribution in [0.1, 0.15) is 81.8 Å². The molecule has 0 amide bonds. The minimum Gasteiger partial charge on any atom is -0.496 e. The van der Waals surface area contributed by atoms with Gasteiger partial charge < -0.3 is 23.8 Å². The number of rotatable bonds is 12. The lowest BCUT2D eigenvalue weighted by molar-refractivity contribution is -0.0249. The van der Waals surface area contributed by atoms with Crippen molar-refractivity contribution in [2.24, 2.45) is 17.8 Å². The number of anilines is 1. The van der Waals surface area contributed by atoms with Gasteiger partial charge in [-0.15, -0.1) is 5.10 Å². The fourth-order valence-electron chi connectivity index (χ4n) is 7.32. The van der Waals surface area contributed by atoms with Gasteiger partial charge in [0.2, 0.25) is 5.69 Å². The van der Waals surface area contributed by atoms with Gasteiger partial charge in [0.1, 0.15) is 17.4 Å². The van der Waals surface area contributed by atoms with Gasteiger partial charge in [0.05, 0.1) is 38.8 Å². The summed E-state index contributed by atoms with van der Waals surface area (Å²) in [6.45, 7) is 23.1. The molecule has 1 saturated carbocycles. The second-order valence-corrected chi connectivity index (χ2v) is 13.3. The van der Waals surface area contributed by atoms with Crippen molar-refractivity contribution in [1.29, 1.82) is 0 Å². The molecule has 10 heteroatoms.